The maximum absolute atomic E-state index is 13.7. The first kappa shape index (κ1) is 14.5. The Bertz CT molecular complexity index is 501. The van der Waals surface area contributed by atoms with E-state index in [2.05, 4.69) is 6.07 Å². The summed E-state index contributed by atoms with van der Waals surface area (Å²) in [5.74, 6) is -1.16. The molecule has 1 heterocycles. The number of carbonyl (C=O) groups excluding carboxylic acids is 1. The number of benzene rings is 1. The molecule has 0 saturated carbocycles. The average Bonchev–Trinajstić information content (AvgIpc) is 2.74. The normalized spacial score (nSPS) is 17.1. The lowest BCUT2D eigenvalue weighted by Gasteiger charge is -2.21. The number of likely N-dealkylation sites (tertiary alicyclic amines) is 1. The lowest BCUT2D eigenvalue weighted by molar-refractivity contribution is -0.131. The molecule has 0 aliphatic carbocycles. The molecule has 1 amide bonds. The number of hydrogen-bond donors (Lipinski definition) is 0. The van der Waals surface area contributed by atoms with Gasteiger partial charge >= 0.3 is 0 Å². The van der Waals surface area contributed by atoms with Crippen molar-refractivity contribution >= 4 is 5.91 Å². The van der Waals surface area contributed by atoms with Gasteiger partial charge in [0.2, 0.25) is 5.91 Å². The molecule has 0 bridgehead atoms. The maximum atomic E-state index is 13.7. The van der Waals surface area contributed by atoms with Crippen molar-refractivity contribution in [3.63, 3.8) is 0 Å². The quantitative estimate of drug-likeness (QED) is 0.849. The number of amides is 1. The number of rotatable bonds is 3. The number of nitriles is 1. The van der Waals surface area contributed by atoms with Gasteiger partial charge in [-0.1, -0.05) is 31.0 Å². The highest BCUT2D eigenvalue weighted by atomic mass is 19.1. The molecule has 0 spiro atoms. The number of carbonyl (C=O) groups is 1. The van der Waals surface area contributed by atoms with Crippen LogP contribution in [0.15, 0.2) is 24.3 Å². The fraction of sp³-hybridized carbons (Fsp3) is 0.500. The van der Waals surface area contributed by atoms with Gasteiger partial charge in [-0.05, 0) is 18.9 Å². The Kier molecular flexibility index (Phi) is 5.11. The van der Waals surface area contributed by atoms with Crippen LogP contribution >= 0.6 is 0 Å². The van der Waals surface area contributed by atoms with Crippen LogP contribution in [0.25, 0.3) is 0 Å². The van der Waals surface area contributed by atoms with Gasteiger partial charge in [0, 0.05) is 25.1 Å². The maximum Gasteiger partial charge on any atom is 0.224 e. The molecule has 0 radical (unpaired) electrons. The molecule has 0 aromatic heterocycles. The van der Waals surface area contributed by atoms with Crippen LogP contribution in [0.1, 0.15) is 43.6 Å². The van der Waals surface area contributed by atoms with Crippen molar-refractivity contribution in [2.24, 2.45) is 0 Å². The van der Waals surface area contributed by atoms with Gasteiger partial charge in [-0.15, -0.1) is 0 Å². The van der Waals surface area contributed by atoms with Crippen LogP contribution in [0.5, 0.6) is 0 Å². The second kappa shape index (κ2) is 7.04. The fourth-order valence-corrected chi connectivity index (χ4v) is 2.61. The summed E-state index contributed by atoms with van der Waals surface area (Å²) < 4.78 is 13.7. The topological polar surface area (TPSA) is 44.1 Å². The Hall–Kier alpha value is -1.89. The molecular formula is C16H19FN2O. The van der Waals surface area contributed by atoms with E-state index < -0.39 is 11.7 Å². The molecule has 1 aliphatic heterocycles. The van der Waals surface area contributed by atoms with Crippen LogP contribution < -0.4 is 0 Å². The first-order chi connectivity index (χ1) is 9.72. The van der Waals surface area contributed by atoms with Crippen LogP contribution in [0.4, 0.5) is 4.39 Å². The van der Waals surface area contributed by atoms with Crippen molar-refractivity contribution < 1.29 is 9.18 Å². The summed E-state index contributed by atoms with van der Waals surface area (Å²) in [4.78, 5) is 14.1. The van der Waals surface area contributed by atoms with E-state index in [0.29, 0.717) is 5.56 Å². The highest BCUT2D eigenvalue weighted by molar-refractivity contribution is 5.77. The van der Waals surface area contributed by atoms with Crippen molar-refractivity contribution in [1.82, 2.24) is 4.90 Å². The third-order valence-electron chi connectivity index (χ3n) is 3.77. The van der Waals surface area contributed by atoms with Gasteiger partial charge in [0.25, 0.3) is 0 Å². The Morgan fingerprint density at radius 2 is 1.90 bits per heavy atom. The SMILES string of the molecule is N#CC(CC(=O)N1CCCCCC1)c1ccccc1F. The minimum atomic E-state index is -0.702. The lowest BCUT2D eigenvalue weighted by atomic mass is 9.96. The number of hydrogen-bond acceptors (Lipinski definition) is 2. The molecule has 106 valence electrons. The Labute approximate surface area is 119 Å². The second-order valence-electron chi connectivity index (χ2n) is 5.20. The zero-order valence-electron chi connectivity index (χ0n) is 11.5. The molecule has 0 N–H and O–H groups in total. The van der Waals surface area contributed by atoms with E-state index in [1.54, 1.807) is 18.2 Å². The second-order valence-corrected chi connectivity index (χ2v) is 5.20. The largest absolute Gasteiger partial charge is 0.343 e. The van der Waals surface area contributed by atoms with Crippen LogP contribution in [0.2, 0.25) is 0 Å². The summed E-state index contributed by atoms with van der Waals surface area (Å²) in [5, 5.41) is 9.22. The summed E-state index contributed by atoms with van der Waals surface area (Å²) in [5.41, 5.74) is 0.318. The van der Waals surface area contributed by atoms with Crippen LogP contribution in [-0.4, -0.2) is 23.9 Å². The van der Waals surface area contributed by atoms with Gasteiger partial charge in [0.15, 0.2) is 0 Å². The van der Waals surface area contributed by atoms with E-state index in [1.807, 2.05) is 4.90 Å². The van der Waals surface area contributed by atoms with Gasteiger partial charge in [-0.25, -0.2) is 4.39 Å². The number of halogens is 1. The highest BCUT2D eigenvalue weighted by Gasteiger charge is 2.22. The molecule has 20 heavy (non-hydrogen) atoms. The van der Waals surface area contributed by atoms with Crippen LogP contribution in [0, 0.1) is 17.1 Å². The standard InChI is InChI=1S/C16H19FN2O/c17-15-8-4-3-7-14(15)13(12-18)11-16(20)19-9-5-1-2-6-10-19/h3-4,7-8,13H,1-2,5-6,9-11H2. The summed E-state index contributed by atoms with van der Waals surface area (Å²) in [6.07, 6.45) is 4.40. The minimum absolute atomic E-state index is 0.0401. The fourth-order valence-electron chi connectivity index (χ4n) is 2.61. The van der Waals surface area contributed by atoms with Crippen LogP contribution in [0.3, 0.4) is 0 Å². The van der Waals surface area contributed by atoms with Crippen molar-refractivity contribution in [2.75, 3.05) is 13.1 Å². The molecule has 1 aliphatic rings. The first-order valence-corrected chi connectivity index (χ1v) is 7.14. The van der Waals surface area contributed by atoms with E-state index in [9.17, 15) is 14.4 Å². The monoisotopic (exact) mass is 274 g/mol. The van der Waals surface area contributed by atoms with Gasteiger partial charge in [0.1, 0.15) is 5.82 Å². The third-order valence-corrected chi connectivity index (χ3v) is 3.77. The van der Waals surface area contributed by atoms with Crippen molar-refractivity contribution in [1.29, 1.82) is 5.26 Å². The zero-order valence-corrected chi connectivity index (χ0v) is 11.5. The van der Waals surface area contributed by atoms with Gasteiger partial charge in [0.05, 0.1) is 12.0 Å². The van der Waals surface area contributed by atoms with E-state index in [4.69, 9.17) is 0 Å². The predicted octanol–water partition coefficient (Wildman–Crippen LogP) is 3.23. The van der Waals surface area contributed by atoms with Gasteiger partial charge < -0.3 is 4.90 Å². The van der Waals surface area contributed by atoms with Crippen LogP contribution in [-0.2, 0) is 4.79 Å². The van der Waals surface area contributed by atoms with Gasteiger partial charge in [-0.2, -0.15) is 5.26 Å². The Morgan fingerprint density at radius 1 is 1.25 bits per heavy atom. The Balaban J connectivity index is 2.05. The smallest absolute Gasteiger partial charge is 0.224 e. The third kappa shape index (κ3) is 3.57. The average molecular weight is 274 g/mol. The zero-order chi connectivity index (χ0) is 14.4. The molecule has 1 aromatic carbocycles. The molecule has 3 nitrogen and oxygen atoms in total. The predicted molar refractivity (Wildman–Crippen MR) is 74.4 cm³/mol. The van der Waals surface area contributed by atoms with Crippen molar-refractivity contribution in [3.05, 3.63) is 35.6 Å². The molecule has 1 unspecified atom stereocenters. The summed E-state index contributed by atoms with van der Waals surface area (Å²) in [7, 11) is 0. The molecule has 2 rings (SSSR count). The molecule has 4 heteroatoms. The van der Waals surface area contributed by atoms with E-state index in [0.717, 1.165) is 38.8 Å². The first-order valence-electron chi connectivity index (χ1n) is 7.14. The number of nitrogens with zero attached hydrogens (tertiary/aromatic N) is 2. The van der Waals surface area contributed by atoms with E-state index in [1.165, 1.54) is 6.07 Å². The molecule has 1 saturated heterocycles. The van der Waals surface area contributed by atoms with Crippen molar-refractivity contribution in [3.8, 4) is 6.07 Å². The lowest BCUT2D eigenvalue weighted by Crippen LogP contribution is -2.32. The van der Waals surface area contributed by atoms with Crippen molar-refractivity contribution in [2.45, 2.75) is 38.0 Å². The molecule has 1 aromatic rings. The van der Waals surface area contributed by atoms with E-state index >= 15 is 0 Å². The van der Waals surface area contributed by atoms with E-state index in [-0.39, 0.29) is 12.3 Å². The summed E-state index contributed by atoms with van der Waals surface area (Å²) in [6, 6.07) is 8.25. The molecule has 1 fully saturated rings. The minimum Gasteiger partial charge on any atom is -0.343 e. The molecule has 1 atom stereocenters. The highest BCUT2D eigenvalue weighted by Crippen LogP contribution is 2.23. The molecular weight excluding hydrogens is 255 g/mol. The summed E-state index contributed by atoms with van der Waals surface area (Å²) in [6.45, 7) is 1.52. The summed E-state index contributed by atoms with van der Waals surface area (Å²) >= 11 is 0. The van der Waals surface area contributed by atoms with Gasteiger partial charge in [-0.3, -0.25) is 4.79 Å². The Morgan fingerprint density at radius 3 is 2.50 bits per heavy atom.